The van der Waals surface area contributed by atoms with Gasteiger partial charge in [-0.2, -0.15) is 0 Å². The number of aryl methyl sites for hydroxylation is 2. The first-order valence-electron chi connectivity index (χ1n) is 11.0. The summed E-state index contributed by atoms with van der Waals surface area (Å²) in [6, 6.07) is 10.9. The third kappa shape index (κ3) is 4.67. The van der Waals surface area contributed by atoms with Gasteiger partial charge in [0.1, 0.15) is 11.6 Å². The lowest BCUT2D eigenvalue weighted by Gasteiger charge is -2.33. The Labute approximate surface area is 191 Å². The molecule has 1 amide bonds. The van der Waals surface area contributed by atoms with E-state index in [-0.39, 0.29) is 29.0 Å². The molecule has 1 aromatic heterocycles. The van der Waals surface area contributed by atoms with Gasteiger partial charge in [0, 0.05) is 37.6 Å². The molecule has 4 rings (SSSR count). The molecular weight excluding hydrogens is 424 g/mol. The molecule has 1 aliphatic rings. The van der Waals surface area contributed by atoms with E-state index in [0.717, 1.165) is 18.4 Å². The zero-order valence-electron chi connectivity index (χ0n) is 19.0. The maximum Gasteiger partial charge on any atom is 0.257 e. The van der Waals surface area contributed by atoms with Crippen LogP contribution in [-0.2, 0) is 7.05 Å². The summed E-state index contributed by atoms with van der Waals surface area (Å²) in [5.41, 5.74) is 3.45. The van der Waals surface area contributed by atoms with Crippen LogP contribution in [0.5, 0.6) is 0 Å². The van der Waals surface area contributed by atoms with Gasteiger partial charge in [-0.25, -0.2) is 8.78 Å². The molecule has 1 saturated heterocycles. The Morgan fingerprint density at radius 3 is 2.27 bits per heavy atom. The van der Waals surface area contributed by atoms with Crippen LogP contribution in [0.4, 0.5) is 20.2 Å². The average molecular weight is 452 g/mol. The second kappa shape index (κ2) is 9.17. The van der Waals surface area contributed by atoms with Crippen molar-refractivity contribution in [2.75, 3.05) is 18.4 Å². The molecule has 7 heteroatoms. The van der Waals surface area contributed by atoms with Gasteiger partial charge in [0.05, 0.1) is 11.3 Å². The van der Waals surface area contributed by atoms with Crippen LogP contribution in [0.2, 0.25) is 0 Å². The van der Waals surface area contributed by atoms with Crippen LogP contribution >= 0.6 is 0 Å². The predicted molar refractivity (Wildman–Crippen MR) is 125 cm³/mol. The van der Waals surface area contributed by atoms with Crippen molar-refractivity contribution in [2.45, 2.75) is 32.6 Å². The van der Waals surface area contributed by atoms with Crippen LogP contribution in [-0.4, -0.2) is 28.5 Å². The van der Waals surface area contributed by atoms with E-state index < -0.39 is 0 Å². The number of hydrogen-bond acceptors (Lipinski definition) is 3. The van der Waals surface area contributed by atoms with Crippen molar-refractivity contribution in [1.29, 1.82) is 0 Å². The number of hydrogen-bond donors (Lipinski definition) is 1. The molecule has 172 valence electrons. The molecule has 1 N–H and O–H groups in total. The minimum atomic E-state index is -0.348. The minimum Gasteiger partial charge on any atom is -0.354 e. The molecule has 0 atom stereocenters. The summed E-state index contributed by atoms with van der Waals surface area (Å²) in [7, 11) is 1.62. The first kappa shape index (κ1) is 22.7. The third-order valence-corrected chi connectivity index (χ3v) is 6.41. The highest BCUT2D eigenvalue weighted by Crippen LogP contribution is 2.31. The summed E-state index contributed by atoms with van der Waals surface area (Å²) in [6.45, 7) is 4.58. The van der Waals surface area contributed by atoms with Gasteiger partial charge < -0.3 is 14.8 Å². The summed E-state index contributed by atoms with van der Waals surface area (Å²) in [4.78, 5) is 27.9. The number of carbonyl (C=O) groups is 1. The quantitative estimate of drug-likeness (QED) is 0.604. The number of rotatable bonds is 4. The molecule has 5 nitrogen and oxygen atoms in total. The van der Waals surface area contributed by atoms with E-state index in [1.54, 1.807) is 50.2 Å². The minimum absolute atomic E-state index is 0.159. The number of piperidine rings is 1. The van der Waals surface area contributed by atoms with E-state index in [1.165, 1.54) is 28.8 Å². The van der Waals surface area contributed by atoms with Gasteiger partial charge in [0.2, 0.25) is 0 Å². The number of anilines is 2. The predicted octanol–water partition coefficient (Wildman–Crippen LogP) is 5.04. The number of amides is 1. The van der Waals surface area contributed by atoms with Crippen molar-refractivity contribution < 1.29 is 13.6 Å². The highest BCUT2D eigenvalue weighted by molar-refractivity contribution is 6.01. The van der Waals surface area contributed by atoms with Crippen LogP contribution in [0, 0.1) is 25.5 Å². The molecule has 0 unspecified atom stereocenters. The average Bonchev–Trinajstić information content (AvgIpc) is 2.81. The van der Waals surface area contributed by atoms with Gasteiger partial charge in [0.15, 0.2) is 0 Å². The lowest BCUT2D eigenvalue weighted by atomic mass is 9.89. The number of halogens is 2. The fourth-order valence-electron chi connectivity index (χ4n) is 4.44. The lowest BCUT2D eigenvalue weighted by Crippen LogP contribution is -2.39. The van der Waals surface area contributed by atoms with Crippen molar-refractivity contribution in [1.82, 2.24) is 9.47 Å². The Hall–Kier alpha value is -3.48. The molecule has 3 aromatic rings. The van der Waals surface area contributed by atoms with Crippen LogP contribution in [0.1, 0.15) is 45.8 Å². The van der Waals surface area contributed by atoms with E-state index in [0.29, 0.717) is 41.2 Å². The number of nitrogens with zero attached hydrogens (tertiary/aromatic N) is 2. The van der Waals surface area contributed by atoms with E-state index in [2.05, 4.69) is 5.32 Å². The van der Waals surface area contributed by atoms with Gasteiger partial charge in [0.25, 0.3) is 11.5 Å². The van der Waals surface area contributed by atoms with Crippen LogP contribution in [0.15, 0.2) is 53.5 Å². The Kier molecular flexibility index (Phi) is 6.31. The van der Waals surface area contributed by atoms with E-state index in [4.69, 9.17) is 0 Å². The van der Waals surface area contributed by atoms with Crippen LogP contribution in [0.25, 0.3) is 0 Å². The normalized spacial score (nSPS) is 14.4. The van der Waals surface area contributed by atoms with E-state index in [1.807, 2.05) is 0 Å². The Bertz CT molecular complexity index is 1240. The molecule has 33 heavy (non-hydrogen) atoms. The number of pyridine rings is 1. The Morgan fingerprint density at radius 2 is 1.64 bits per heavy atom. The zero-order chi connectivity index (χ0) is 23.7. The lowest BCUT2D eigenvalue weighted by molar-refractivity contribution is 0.0713. The standard InChI is InChI=1S/C26H27F2N3O2/c1-16-14-21(28)8-9-23(16)29-24-17(2)25(32)30(3)15-22(24)26(33)31-12-10-19(11-13-31)18-4-6-20(27)7-5-18/h4-9,14-15,19,29H,10-13H2,1-3H3. The molecule has 0 saturated carbocycles. The van der Waals surface area contributed by atoms with Gasteiger partial charge >= 0.3 is 0 Å². The summed E-state index contributed by atoms with van der Waals surface area (Å²) in [5, 5.41) is 3.20. The molecule has 2 aromatic carbocycles. The topological polar surface area (TPSA) is 54.3 Å². The van der Waals surface area contributed by atoms with Crippen molar-refractivity contribution in [3.63, 3.8) is 0 Å². The largest absolute Gasteiger partial charge is 0.354 e. The van der Waals surface area contributed by atoms with Crippen molar-refractivity contribution >= 4 is 17.3 Å². The molecular formula is C26H27F2N3O2. The van der Waals surface area contributed by atoms with Crippen LogP contribution < -0.4 is 10.9 Å². The Morgan fingerprint density at radius 1 is 1.00 bits per heavy atom. The van der Waals surface area contributed by atoms with Gasteiger partial charge in [-0.1, -0.05) is 12.1 Å². The van der Waals surface area contributed by atoms with Crippen molar-refractivity contribution in [2.24, 2.45) is 7.05 Å². The molecule has 2 heterocycles. The SMILES string of the molecule is Cc1cc(F)ccc1Nc1c(C(=O)N2CCC(c3ccc(F)cc3)CC2)cn(C)c(=O)c1C. The fraction of sp³-hybridized carbons (Fsp3) is 0.308. The fourth-order valence-corrected chi connectivity index (χ4v) is 4.44. The highest BCUT2D eigenvalue weighted by Gasteiger charge is 2.27. The second-order valence-electron chi connectivity index (χ2n) is 8.66. The Balaban J connectivity index is 1.59. The monoisotopic (exact) mass is 451 g/mol. The summed E-state index contributed by atoms with van der Waals surface area (Å²) >= 11 is 0. The number of carbonyl (C=O) groups excluding carboxylic acids is 1. The maximum absolute atomic E-state index is 13.5. The van der Waals surface area contributed by atoms with Gasteiger partial charge in [-0.3, -0.25) is 9.59 Å². The third-order valence-electron chi connectivity index (χ3n) is 6.41. The molecule has 1 aliphatic heterocycles. The summed E-state index contributed by atoms with van der Waals surface area (Å²) in [6.07, 6.45) is 3.12. The summed E-state index contributed by atoms with van der Waals surface area (Å²) in [5.74, 6) is -0.489. The number of likely N-dealkylation sites (tertiary alicyclic amines) is 1. The number of aromatic nitrogens is 1. The molecule has 0 aliphatic carbocycles. The highest BCUT2D eigenvalue weighted by atomic mass is 19.1. The van der Waals surface area contributed by atoms with E-state index in [9.17, 15) is 18.4 Å². The number of benzene rings is 2. The molecule has 0 radical (unpaired) electrons. The van der Waals surface area contributed by atoms with E-state index >= 15 is 0 Å². The molecule has 0 spiro atoms. The number of nitrogens with one attached hydrogen (secondary N) is 1. The van der Waals surface area contributed by atoms with Crippen molar-refractivity contribution in [3.05, 3.63) is 92.9 Å². The van der Waals surface area contributed by atoms with Crippen molar-refractivity contribution in [3.8, 4) is 0 Å². The summed E-state index contributed by atoms with van der Waals surface area (Å²) < 4.78 is 28.2. The second-order valence-corrected chi connectivity index (χ2v) is 8.66. The smallest absolute Gasteiger partial charge is 0.257 e. The van der Waals surface area contributed by atoms with Crippen LogP contribution in [0.3, 0.4) is 0 Å². The molecule has 1 fully saturated rings. The zero-order valence-corrected chi connectivity index (χ0v) is 19.0. The first-order valence-corrected chi connectivity index (χ1v) is 11.0. The maximum atomic E-state index is 13.5. The van der Waals surface area contributed by atoms with Gasteiger partial charge in [-0.05, 0) is 74.1 Å². The molecule has 0 bridgehead atoms. The van der Waals surface area contributed by atoms with Gasteiger partial charge in [-0.15, -0.1) is 0 Å². The first-order chi connectivity index (χ1) is 15.7.